The number of hydrogen-bond donors (Lipinski definition) is 3. The fourth-order valence-corrected chi connectivity index (χ4v) is 2.80. The van der Waals surface area contributed by atoms with Crippen LogP contribution in [0.4, 0.5) is 0 Å². The molecule has 2 rings (SSSR count). The number of nitrogens with two attached hydrogens (primary N) is 2. The lowest BCUT2D eigenvalue weighted by molar-refractivity contribution is -0.117. The van der Waals surface area contributed by atoms with Crippen LogP contribution in [0.25, 0.3) is 0 Å². The van der Waals surface area contributed by atoms with Crippen LogP contribution in [-0.4, -0.2) is 5.91 Å². The van der Waals surface area contributed by atoms with Crippen LogP contribution in [0.1, 0.15) is 18.4 Å². The van der Waals surface area contributed by atoms with Crippen LogP contribution in [0, 0.1) is 5.92 Å². The van der Waals surface area contributed by atoms with Gasteiger partial charge in [0.15, 0.2) is 0 Å². The lowest BCUT2D eigenvalue weighted by Gasteiger charge is -2.11. The summed E-state index contributed by atoms with van der Waals surface area (Å²) in [6, 6.07) is 5.20. The van der Waals surface area contributed by atoms with E-state index >= 15 is 0 Å². The Balaban J connectivity index is 2.06. The summed E-state index contributed by atoms with van der Waals surface area (Å²) in [4.78, 5) is 12.5. The minimum Gasteiger partial charge on any atom is -0.401 e. The summed E-state index contributed by atoms with van der Waals surface area (Å²) >= 11 is 13.0. The molecule has 0 radical (unpaired) electrons. The molecule has 0 saturated heterocycles. The molecule has 0 atom stereocenters. The van der Waals surface area contributed by atoms with Crippen LogP contribution in [0.2, 0.25) is 10.0 Å². The fourth-order valence-electron chi connectivity index (χ4n) is 1.78. The maximum atomic E-state index is 12.1. The molecule has 5 N–H and O–H groups in total. The smallest absolute Gasteiger partial charge is 0.261 e. The number of hydrogen-bond acceptors (Lipinski definition) is 4. The van der Waals surface area contributed by atoms with E-state index in [1.807, 2.05) is 0 Å². The minimum atomic E-state index is -0.294. The van der Waals surface area contributed by atoms with Gasteiger partial charge in [0.05, 0.1) is 0 Å². The van der Waals surface area contributed by atoms with Crippen molar-refractivity contribution >= 4 is 41.1 Å². The lowest BCUT2D eigenvalue weighted by Crippen LogP contribution is -2.27. The SMILES string of the molecule is NS/C(C(=O)NCc1c(Cl)cccc1Cl)=C(\N)C1CC1. The third-order valence-corrected chi connectivity index (χ3v) is 4.46. The molecule has 108 valence electrons. The van der Waals surface area contributed by atoms with E-state index in [4.69, 9.17) is 34.1 Å². The molecule has 4 nitrogen and oxygen atoms in total. The number of amides is 1. The molecule has 0 bridgehead atoms. The highest BCUT2D eigenvalue weighted by Crippen LogP contribution is 2.36. The average molecular weight is 332 g/mol. The predicted octanol–water partition coefficient (Wildman–Crippen LogP) is 2.80. The minimum absolute atomic E-state index is 0.235. The molecule has 1 aromatic rings. The summed E-state index contributed by atoms with van der Waals surface area (Å²) in [5.74, 6) is -0.00594. The van der Waals surface area contributed by atoms with Gasteiger partial charge in [-0.3, -0.25) is 9.93 Å². The number of allylic oxidation sites excluding steroid dienone is 1. The maximum Gasteiger partial charge on any atom is 0.261 e. The molecule has 0 spiro atoms. The van der Waals surface area contributed by atoms with Gasteiger partial charge in [-0.15, -0.1) is 0 Å². The molecular formula is C13H15Cl2N3OS. The first-order valence-corrected chi connectivity index (χ1v) is 7.75. The lowest BCUT2D eigenvalue weighted by atomic mass is 10.2. The Morgan fingerprint density at radius 3 is 2.45 bits per heavy atom. The van der Waals surface area contributed by atoms with Gasteiger partial charge in [0.2, 0.25) is 0 Å². The van der Waals surface area contributed by atoms with E-state index < -0.39 is 0 Å². The second-order valence-electron chi connectivity index (χ2n) is 4.56. The molecule has 1 amide bonds. The first-order valence-electron chi connectivity index (χ1n) is 6.12. The van der Waals surface area contributed by atoms with E-state index in [0.29, 0.717) is 26.2 Å². The quantitative estimate of drug-likeness (QED) is 0.572. The van der Waals surface area contributed by atoms with Gasteiger partial charge in [-0.25, -0.2) is 0 Å². The van der Waals surface area contributed by atoms with Gasteiger partial charge in [-0.05, 0) is 42.8 Å². The van der Waals surface area contributed by atoms with Crippen molar-refractivity contribution in [1.82, 2.24) is 5.32 Å². The Labute approximate surface area is 132 Å². The summed E-state index contributed by atoms with van der Waals surface area (Å²) in [6.07, 6.45) is 2.03. The number of rotatable bonds is 5. The highest BCUT2D eigenvalue weighted by molar-refractivity contribution is 8.01. The summed E-state index contributed by atoms with van der Waals surface area (Å²) in [7, 11) is 0. The summed E-state index contributed by atoms with van der Waals surface area (Å²) in [6.45, 7) is 0.235. The molecule has 1 aromatic carbocycles. The molecule has 1 aliphatic rings. The molecule has 7 heteroatoms. The van der Waals surface area contributed by atoms with Crippen molar-refractivity contribution in [3.63, 3.8) is 0 Å². The van der Waals surface area contributed by atoms with Crippen LogP contribution in [-0.2, 0) is 11.3 Å². The van der Waals surface area contributed by atoms with E-state index in [1.54, 1.807) is 18.2 Å². The Morgan fingerprint density at radius 2 is 1.95 bits per heavy atom. The van der Waals surface area contributed by atoms with E-state index in [2.05, 4.69) is 5.32 Å². The van der Waals surface area contributed by atoms with Gasteiger partial charge in [0, 0.05) is 27.9 Å². The molecular weight excluding hydrogens is 317 g/mol. The number of nitrogens with one attached hydrogen (secondary N) is 1. The fraction of sp³-hybridized carbons (Fsp3) is 0.308. The van der Waals surface area contributed by atoms with Gasteiger partial charge >= 0.3 is 0 Å². The molecule has 0 unspecified atom stereocenters. The Kier molecular flexibility index (Phi) is 5.21. The van der Waals surface area contributed by atoms with Gasteiger partial charge < -0.3 is 11.1 Å². The van der Waals surface area contributed by atoms with Crippen molar-refractivity contribution < 1.29 is 4.79 Å². The van der Waals surface area contributed by atoms with Crippen LogP contribution in [0.3, 0.4) is 0 Å². The van der Waals surface area contributed by atoms with E-state index in [0.717, 1.165) is 24.8 Å². The summed E-state index contributed by atoms with van der Waals surface area (Å²) < 4.78 is 0. The Morgan fingerprint density at radius 1 is 1.35 bits per heavy atom. The van der Waals surface area contributed by atoms with Crippen molar-refractivity contribution in [3.8, 4) is 0 Å². The van der Waals surface area contributed by atoms with Crippen molar-refractivity contribution in [2.75, 3.05) is 0 Å². The Hall–Kier alpha value is -0.880. The molecule has 0 aromatic heterocycles. The van der Waals surface area contributed by atoms with E-state index in [-0.39, 0.29) is 18.4 Å². The standard InChI is InChI=1S/C13H15Cl2N3OS/c14-9-2-1-3-10(15)8(9)6-18-13(19)12(20-17)11(16)7-4-5-7/h1-3,7H,4-6,16-17H2,(H,18,19)/b12-11-. The second kappa shape index (κ2) is 6.72. The van der Waals surface area contributed by atoms with Crippen molar-refractivity contribution in [2.45, 2.75) is 19.4 Å². The normalized spacial score (nSPS) is 15.8. The monoisotopic (exact) mass is 331 g/mol. The molecule has 20 heavy (non-hydrogen) atoms. The number of benzene rings is 1. The molecule has 0 heterocycles. The number of carbonyl (C=O) groups excluding carboxylic acids is 1. The highest BCUT2D eigenvalue weighted by Gasteiger charge is 2.28. The largest absolute Gasteiger partial charge is 0.401 e. The van der Waals surface area contributed by atoms with Crippen molar-refractivity contribution in [1.29, 1.82) is 0 Å². The third-order valence-electron chi connectivity index (χ3n) is 3.09. The van der Waals surface area contributed by atoms with Gasteiger partial charge in [-0.1, -0.05) is 29.3 Å². The van der Waals surface area contributed by atoms with Crippen LogP contribution in [0.15, 0.2) is 28.8 Å². The topological polar surface area (TPSA) is 81.1 Å². The van der Waals surface area contributed by atoms with Crippen molar-refractivity contribution in [2.24, 2.45) is 16.8 Å². The first-order chi connectivity index (χ1) is 9.54. The maximum absolute atomic E-state index is 12.1. The van der Waals surface area contributed by atoms with Gasteiger partial charge in [-0.2, -0.15) is 0 Å². The third kappa shape index (κ3) is 3.61. The van der Waals surface area contributed by atoms with E-state index in [9.17, 15) is 4.79 Å². The molecule has 1 aliphatic carbocycles. The van der Waals surface area contributed by atoms with Gasteiger partial charge in [0.25, 0.3) is 5.91 Å². The first kappa shape index (κ1) is 15.5. The molecule has 0 aliphatic heterocycles. The summed E-state index contributed by atoms with van der Waals surface area (Å²) in [5, 5.41) is 9.31. The molecule has 1 saturated carbocycles. The zero-order valence-electron chi connectivity index (χ0n) is 10.7. The summed E-state index contributed by atoms with van der Waals surface area (Å²) in [5.41, 5.74) is 7.18. The van der Waals surface area contributed by atoms with E-state index in [1.165, 1.54) is 0 Å². The van der Waals surface area contributed by atoms with Crippen LogP contribution >= 0.6 is 35.1 Å². The average Bonchev–Trinajstić information content (AvgIpc) is 3.23. The number of halogens is 2. The zero-order chi connectivity index (χ0) is 14.7. The van der Waals surface area contributed by atoms with Crippen LogP contribution in [0.5, 0.6) is 0 Å². The highest BCUT2D eigenvalue weighted by atomic mass is 35.5. The van der Waals surface area contributed by atoms with Gasteiger partial charge in [0.1, 0.15) is 4.91 Å². The predicted molar refractivity (Wildman–Crippen MR) is 84.0 cm³/mol. The zero-order valence-corrected chi connectivity index (χ0v) is 13.0. The second-order valence-corrected chi connectivity index (χ2v) is 6.02. The molecule has 1 fully saturated rings. The number of carbonyl (C=O) groups is 1. The van der Waals surface area contributed by atoms with Crippen LogP contribution < -0.4 is 16.2 Å². The Bertz CT molecular complexity index is 538. The van der Waals surface area contributed by atoms with Crippen molar-refractivity contribution in [3.05, 3.63) is 44.4 Å².